The summed E-state index contributed by atoms with van der Waals surface area (Å²) in [7, 11) is 1.85. The molecule has 0 atom stereocenters. The number of thiophene rings is 1. The van der Waals surface area contributed by atoms with Gasteiger partial charge in [-0.1, -0.05) is 23.2 Å². The molecule has 80 valence electrons. The Morgan fingerprint density at radius 1 is 1.53 bits per heavy atom. The van der Waals surface area contributed by atoms with E-state index in [4.69, 9.17) is 27.6 Å². The Balaban J connectivity index is 2.32. The summed E-state index contributed by atoms with van der Waals surface area (Å²) in [5.41, 5.74) is 1.58. The van der Waals surface area contributed by atoms with E-state index in [-0.39, 0.29) is 0 Å². The van der Waals surface area contributed by atoms with Crippen molar-refractivity contribution < 1.29 is 4.42 Å². The Hall–Kier alpha value is -0.550. The first-order valence-corrected chi connectivity index (χ1v) is 5.82. The van der Waals surface area contributed by atoms with Gasteiger partial charge in [0, 0.05) is 6.54 Å². The van der Waals surface area contributed by atoms with Crippen LogP contribution in [0.1, 0.15) is 5.69 Å². The molecule has 0 amide bonds. The molecule has 3 nitrogen and oxygen atoms in total. The van der Waals surface area contributed by atoms with Gasteiger partial charge in [0.1, 0.15) is 10.6 Å². The van der Waals surface area contributed by atoms with Crippen molar-refractivity contribution in [3.8, 4) is 11.5 Å². The maximum absolute atomic E-state index is 5.98. The molecule has 0 aromatic carbocycles. The highest BCUT2D eigenvalue weighted by molar-refractivity contribution is 7.20. The molecule has 0 saturated carbocycles. The fourth-order valence-electron chi connectivity index (χ4n) is 1.18. The largest absolute Gasteiger partial charge is 0.444 e. The van der Waals surface area contributed by atoms with Gasteiger partial charge in [0.2, 0.25) is 5.89 Å². The molecule has 15 heavy (non-hydrogen) atoms. The SMILES string of the molecule is CNCc1coc(-c2cc(Cl)sc2Cl)n1. The van der Waals surface area contributed by atoms with Crippen LogP contribution in [0.4, 0.5) is 0 Å². The smallest absolute Gasteiger partial charge is 0.228 e. The minimum absolute atomic E-state index is 0.508. The summed E-state index contributed by atoms with van der Waals surface area (Å²) < 4.78 is 6.53. The fraction of sp³-hybridized carbons (Fsp3) is 0.222. The average Bonchev–Trinajstić information content (AvgIpc) is 2.73. The zero-order chi connectivity index (χ0) is 10.8. The molecule has 2 aromatic heterocycles. The van der Waals surface area contributed by atoms with Crippen LogP contribution in [0.3, 0.4) is 0 Å². The van der Waals surface area contributed by atoms with Crippen molar-refractivity contribution in [1.29, 1.82) is 0 Å². The molecule has 2 heterocycles. The van der Waals surface area contributed by atoms with E-state index in [0.29, 0.717) is 21.1 Å². The standard InChI is InChI=1S/C9H8Cl2N2OS/c1-12-3-5-4-14-9(13-5)6-2-7(10)15-8(6)11/h2,4,12H,3H2,1H3. The van der Waals surface area contributed by atoms with E-state index >= 15 is 0 Å². The lowest BCUT2D eigenvalue weighted by molar-refractivity contribution is 0.572. The third-order valence-electron chi connectivity index (χ3n) is 1.80. The van der Waals surface area contributed by atoms with Crippen molar-refractivity contribution in [2.45, 2.75) is 6.54 Å². The zero-order valence-electron chi connectivity index (χ0n) is 7.88. The zero-order valence-corrected chi connectivity index (χ0v) is 10.2. The van der Waals surface area contributed by atoms with Gasteiger partial charge in [-0.3, -0.25) is 0 Å². The minimum atomic E-state index is 0.508. The number of halogens is 2. The number of nitrogens with one attached hydrogen (secondary N) is 1. The molecule has 0 fully saturated rings. The molecule has 0 aliphatic heterocycles. The van der Waals surface area contributed by atoms with Crippen molar-refractivity contribution in [2.24, 2.45) is 0 Å². The molecule has 2 aromatic rings. The second-order valence-corrected chi connectivity index (χ2v) is 5.20. The van der Waals surface area contributed by atoms with Crippen LogP contribution in [-0.2, 0) is 6.54 Å². The van der Waals surface area contributed by atoms with E-state index < -0.39 is 0 Å². The number of rotatable bonds is 3. The Kier molecular flexibility index (Phi) is 3.31. The van der Waals surface area contributed by atoms with Crippen LogP contribution in [0, 0.1) is 0 Å². The molecule has 6 heteroatoms. The Labute approximate surface area is 101 Å². The van der Waals surface area contributed by atoms with Crippen LogP contribution >= 0.6 is 34.5 Å². The van der Waals surface area contributed by atoms with Gasteiger partial charge in [0.25, 0.3) is 0 Å². The van der Waals surface area contributed by atoms with Crippen LogP contribution < -0.4 is 5.32 Å². The number of oxazole rings is 1. The van der Waals surface area contributed by atoms with E-state index in [2.05, 4.69) is 10.3 Å². The summed E-state index contributed by atoms with van der Waals surface area (Å²) in [5, 5.41) is 2.99. The Bertz CT molecular complexity index is 466. The van der Waals surface area contributed by atoms with E-state index in [9.17, 15) is 0 Å². The third kappa shape index (κ3) is 2.34. The lowest BCUT2D eigenvalue weighted by atomic mass is 10.3. The van der Waals surface area contributed by atoms with Crippen LogP contribution in [0.15, 0.2) is 16.7 Å². The molecule has 0 bridgehead atoms. The fourth-order valence-corrected chi connectivity index (χ4v) is 2.63. The van der Waals surface area contributed by atoms with Gasteiger partial charge in [-0.2, -0.15) is 0 Å². The summed E-state index contributed by atoms with van der Waals surface area (Å²) in [6.07, 6.45) is 1.60. The monoisotopic (exact) mass is 262 g/mol. The molecule has 0 aliphatic rings. The van der Waals surface area contributed by atoms with Gasteiger partial charge in [0.05, 0.1) is 15.6 Å². The van der Waals surface area contributed by atoms with Crippen LogP contribution in [0.2, 0.25) is 8.67 Å². The van der Waals surface area contributed by atoms with Gasteiger partial charge in [0.15, 0.2) is 0 Å². The summed E-state index contributed by atoms with van der Waals surface area (Å²) >= 11 is 13.1. The minimum Gasteiger partial charge on any atom is -0.444 e. The molecule has 0 radical (unpaired) electrons. The molecule has 0 saturated heterocycles. The van der Waals surface area contributed by atoms with E-state index in [1.54, 1.807) is 12.3 Å². The first-order chi connectivity index (χ1) is 7.20. The van der Waals surface area contributed by atoms with Gasteiger partial charge < -0.3 is 9.73 Å². The molecular formula is C9H8Cl2N2OS. The molecule has 1 N–H and O–H groups in total. The van der Waals surface area contributed by atoms with Crippen molar-refractivity contribution in [1.82, 2.24) is 10.3 Å². The number of nitrogens with zero attached hydrogens (tertiary/aromatic N) is 1. The summed E-state index contributed by atoms with van der Waals surface area (Å²) in [4.78, 5) is 4.28. The first kappa shape index (κ1) is 11.0. The highest BCUT2D eigenvalue weighted by Gasteiger charge is 2.13. The molecular weight excluding hydrogens is 255 g/mol. The number of aromatic nitrogens is 1. The Morgan fingerprint density at radius 2 is 2.33 bits per heavy atom. The van der Waals surface area contributed by atoms with Crippen molar-refractivity contribution in [3.05, 3.63) is 26.7 Å². The van der Waals surface area contributed by atoms with E-state index in [1.165, 1.54) is 11.3 Å². The van der Waals surface area contributed by atoms with Crippen molar-refractivity contribution >= 4 is 34.5 Å². The topological polar surface area (TPSA) is 38.1 Å². The van der Waals surface area contributed by atoms with Crippen LogP contribution in [0.25, 0.3) is 11.5 Å². The average molecular weight is 263 g/mol. The number of hydrogen-bond donors (Lipinski definition) is 1. The van der Waals surface area contributed by atoms with Crippen molar-refractivity contribution in [3.63, 3.8) is 0 Å². The summed E-state index contributed by atoms with van der Waals surface area (Å²) in [6, 6.07) is 1.75. The second-order valence-electron chi connectivity index (χ2n) is 2.91. The van der Waals surface area contributed by atoms with Gasteiger partial charge in [-0.15, -0.1) is 11.3 Å². The lowest BCUT2D eigenvalue weighted by Crippen LogP contribution is -2.04. The summed E-state index contributed by atoms with van der Waals surface area (Å²) in [6.45, 7) is 0.666. The third-order valence-corrected chi connectivity index (χ3v) is 3.28. The molecule has 0 aliphatic carbocycles. The maximum atomic E-state index is 5.98. The highest BCUT2D eigenvalue weighted by atomic mass is 35.5. The normalized spacial score (nSPS) is 10.9. The summed E-state index contributed by atoms with van der Waals surface area (Å²) in [5.74, 6) is 0.508. The molecule has 2 rings (SSSR count). The quantitative estimate of drug-likeness (QED) is 0.921. The maximum Gasteiger partial charge on any atom is 0.228 e. The van der Waals surface area contributed by atoms with Crippen LogP contribution in [0.5, 0.6) is 0 Å². The Morgan fingerprint density at radius 3 is 2.93 bits per heavy atom. The molecule has 0 unspecified atom stereocenters. The molecule has 0 spiro atoms. The van der Waals surface area contributed by atoms with Crippen LogP contribution in [-0.4, -0.2) is 12.0 Å². The van der Waals surface area contributed by atoms with Gasteiger partial charge in [-0.25, -0.2) is 4.98 Å². The van der Waals surface area contributed by atoms with E-state index in [0.717, 1.165) is 11.3 Å². The number of hydrogen-bond acceptors (Lipinski definition) is 4. The second kappa shape index (κ2) is 4.53. The predicted molar refractivity (Wildman–Crippen MR) is 62.6 cm³/mol. The lowest BCUT2D eigenvalue weighted by Gasteiger charge is -1.90. The van der Waals surface area contributed by atoms with E-state index in [1.807, 2.05) is 7.05 Å². The first-order valence-electron chi connectivity index (χ1n) is 4.25. The highest BCUT2D eigenvalue weighted by Crippen LogP contribution is 2.37. The van der Waals surface area contributed by atoms with Crippen molar-refractivity contribution in [2.75, 3.05) is 7.05 Å². The predicted octanol–water partition coefficient (Wildman–Crippen LogP) is 3.43. The van der Waals surface area contributed by atoms with Gasteiger partial charge >= 0.3 is 0 Å². The van der Waals surface area contributed by atoms with Gasteiger partial charge in [-0.05, 0) is 13.1 Å².